The first-order valence-electron chi connectivity index (χ1n) is 5.41. The van der Waals surface area contributed by atoms with Gasteiger partial charge in [-0.3, -0.25) is 9.59 Å². The predicted octanol–water partition coefficient (Wildman–Crippen LogP) is 2.69. The summed E-state index contributed by atoms with van der Waals surface area (Å²) in [5.74, 6) is -0.408. The molecule has 17 heavy (non-hydrogen) atoms. The van der Waals surface area contributed by atoms with E-state index in [-0.39, 0.29) is 18.4 Å². The van der Waals surface area contributed by atoms with E-state index in [4.69, 9.17) is 4.74 Å². The monoisotopic (exact) mass is 232 g/mol. The fraction of sp³-hybridized carbons (Fsp3) is 0.286. The van der Waals surface area contributed by atoms with Gasteiger partial charge in [0.2, 0.25) is 0 Å². The van der Waals surface area contributed by atoms with E-state index in [1.165, 1.54) is 13.0 Å². The Labute approximate surface area is 101 Å². The average molecular weight is 232 g/mol. The molecule has 0 atom stereocenters. The van der Waals surface area contributed by atoms with Gasteiger partial charge in [-0.2, -0.15) is 0 Å². The summed E-state index contributed by atoms with van der Waals surface area (Å²) in [6.45, 7) is 5.16. The summed E-state index contributed by atoms with van der Waals surface area (Å²) in [6.07, 6.45) is 1.51. The Bertz CT molecular complexity index is 458. The van der Waals surface area contributed by atoms with E-state index in [1.54, 1.807) is 13.0 Å². The van der Waals surface area contributed by atoms with Crippen LogP contribution in [0.1, 0.15) is 29.8 Å². The van der Waals surface area contributed by atoms with E-state index in [9.17, 15) is 9.59 Å². The van der Waals surface area contributed by atoms with Crippen molar-refractivity contribution in [3.63, 3.8) is 0 Å². The molecule has 0 aliphatic heterocycles. The van der Waals surface area contributed by atoms with Crippen LogP contribution < -0.4 is 0 Å². The number of aryl methyl sites for hydroxylation is 1. The van der Waals surface area contributed by atoms with Crippen molar-refractivity contribution in [1.82, 2.24) is 0 Å². The zero-order valence-electron chi connectivity index (χ0n) is 10.3. The number of ether oxygens (including phenoxy) is 1. The van der Waals surface area contributed by atoms with Gasteiger partial charge in [0.1, 0.15) is 6.61 Å². The molecule has 1 aromatic rings. The lowest BCUT2D eigenvalue weighted by Crippen LogP contribution is -2.04. The van der Waals surface area contributed by atoms with Gasteiger partial charge in [-0.25, -0.2) is 0 Å². The van der Waals surface area contributed by atoms with Crippen LogP contribution >= 0.6 is 0 Å². The third-order valence-corrected chi connectivity index (χ3v) is 2.29. The molecule has 3 nitrogen and oxygen atoms in total. The van der Waals surface area contributed by atoms with Crippen LogP contribution in [0.4, 0.5) is 0 Å². The first kappa shape index (κ1) is 13.2. The highest BCUT2D eigenvalue weighted by Crippen LogP contribution is 2.09. The highest BCUT2D eigenvalue weighted by atomic mass is 16.5. The van der Waals surface area contributed by atoms with E-state index in [0.717, 1.165) is 11.1 Å². The Morgan fingerprint density at radius 2 is 1.88 bits per heavy atom. The quantitative estimate of drug-likeness (QED) is 0.455. The summed E-state index contributed by atoms with van der Waals surface area (Å²) in [7, 11) is 0. The Morgan fingerprint density at radius 3 is 2.47 bits per heavy atom. The highest BCUT2D eigenvalue weighted by molar-refractivity contribution is 6.05. The molecule has 0 aliphatic carbocycles. The van der Waals surface area contributed by atoms with Crippen LogP contribution in [0.25, 0.3) is 0 Å². The SMILES string of the molecule is CC(=O)OC/C(C)=C/C(=O)c1ccccc1C. The zero-order valence-corrected chi connectivity index (χ0v) is 10.3. The summed E-state index contributed by atoms with van der Waals surface area (Å²) in [4.78, 5) is 22.5. The number of carbonyl (C=O) groups excluding carboxylic acids is 2. The molecule has 0 spiro atoms. The van der Waals surface area contributed by atoms with Gasteiger partial charge < -0.3 is 4.74 Å². The summed E-state index contributed by atoms with van der Waals surface area (Å²) in [5, 5.41) is 0. The minimum Gasteiger partial charge on any atom is -0.461 e. The largest absolute Gasteiger partial charge is 0.461 e. The smallest absolute Gasteiger partial charge is 0.302 e. The molecule has 0 unspecified atom stereocenters. The van der Waals surface area contributed by atoms with E-state index in [2.05, 4.69) is 0 Å². The number of benzene rings is 1. The van der Waals surface area contributed by atoms with Gasteiger partial charge in [-0.1, -0.05) is 24.3 Å². The minimum absolute atomic E-state index is 0.0623. The van der Waals surface area contributed by atoms with E-state index in [1.807, 2.05) is 25.1 Å². The van der Waals surface area contributed by atoms with Gasteiger partial charge in [0.15, 0.2) is 5.78 Å². The lowest BCUT2D eigenvalue weighted by Gasteiger charge is -2.03. The van der Waals surface area contributed by atoms with Crippen LogP contribution in [0.5, 0.6) is 0 Å². The van der Waals surface area contributed by atoms with Gasteiger partial charge in [0, 0.05) is 12.5 Å². The number of hydrogen-bond acceptors (Lipinski definition) is 3. The van der Waals surface area contributed by atoms with Crippen molar-refractivity contribution >= 4 is 11.8 Å². The molecule has 0 heterocycles. The number of carbonyl (C=O) groups is 2. The van der Waals surface area contributed by atoms with Crippen molar-refractivity contribution in [3.05, 3.63) is 47.0 Å². The second-order valence-corrected chi connectivity index (χ2v) is 3.95. The summed E-state index contributed by atoms with van der Waals surface area (Å²) < 4.78 is 4.81. The third-order valence-electron chi connectivity index (χ3n) is 2.29. The average Bonchev–Trinajstić information content (AvgIpc) is 2.26. The first-order chi connectivity index (χ1) is 8.00. The first-order valence-corrected chi connectivity index (χ1v) is 5.41. The minimum atomic E-state index is -0.346. The maximum Gasteiger partial charge on any atom is 0.302 e. The molecular formula is C14H16O3. The van der Waals surface area contributed by atoms with Crippen molar-refractivity contribution in [1.29, 1.82) is 0 Å². The van der Waals surface area contributed by atoms with E-state index >= 15 is 0 Å². The maximum atomic E-state index is 11.9. The van der Waals surface area contributed by atoms with E-state index < -0.39 is 0 Å². The number of rotatable bonds is 4. The molecule has 90 valence electrons. The molecule has 1 aromatic carbocycles. The number of allylic oxidation sites excluding steroid dienone is 1. The van der Waals surface area contributed by atoms with Crippen LogP contribution in [-0.4, -0.2) is 18.4 Å². The standard InChI is InChI=1S/C14H16O3/c1-10(9-17-12(3)15)8-14(16)13-7-5-4-6-11(13)2/h4-8H,9H2,1-3H3/b10-8+. The van der Waals surface area contributed by atoms with Crippen LogP contribution in [0.2, 0.25) is 0 Å². The molecule has 0 saturated heterocycles. The molecular weight excluding hydrogens is 216 g/mol. The second kappa shape index (κ2) is 5.99. The Balaban J connectivity index is 2.75. The number of esters is 1. The fourth-order valence-electron chi connectivity index (χ4n) is 1.41. The fourth-order valence-corrected chi connectivity index (χ4v) is 1.41. The van der Waals surface area contributed by atoms with Crippen LogP contribution in [-0.2, 0) is 9.53 Å². The molecule has 0 N–H and O–H groups in total. The van der Waals surface area contributed by atoms with Gasteiger partial charge in [0.05, 0.1) is 0 Å². The van der Waals surface area contributed by atoms with Gasteiger partial charge >= 0.3 is 5.97 Å². The zero-order chi connectivity index (χ0) is 12.8. The van der Waals surface area contributed by atoms with Crippen molar-refractivity contribution < 1.29 is 14.3 Å². The van der Waals surface area contributed by atoms with Crippen molar-refractivity contribution in [3.8, 4) is 0 Å². The highest BCUT2D eigenvalue weighted by Gasteiger charge is 2.06. The van der Waals surface area contributed by atoms with Gasteiger partial charge in [0.25, 0.3) is 0 Å². The maximum absolute atomic E-state index is 11.9. The van der Waals surface area contributed by atoms with Crippen LogP contribution in [0.3, 0.4) is 0 Å². The number of hydrogen-bond donors (Lipinski definition) is 0. The van der Waals surface area contributed by atoms with Crippen molar-refractivity contribution in [2.75, 3.05) is 6.61 Å². The molecule has 0 radical (unpaired) electrons. The Hall–Kier alpha value is -1.90. The molecule has 3 heteroatoms. The Morgan fingerprint density at radius 1 is 1.24 bits per heavy atom. The number of ketones is 1. The molecule has 1 rings (SSSR count). The normalized spacial score (nSPS) is 11.1. The summed E-state index contributed by atoms with van der Waals surface area (Å²) in [6, 6.07) is 7.40. The second-order valence-electron chi connectivity index (χ2n) is 3.95. The molecule has 0 aromatic heterocycles. The topological polar surface area (TPSA) is 43.4 Å². The van der Waals surface area contributed by atoms with Crippen LogP contribution in [0.15, 0.2) is 35.9 Å². The van der Waals surface area contributed by atoms with Gasteiger partial charge in [-0.15, -0.1) is 0 Å². The molecule has 0 saturated carbocycles. The molecule has 0 amide bonds. The Kier molecular flexibility index (Phi) is 4.64. The van der Waals surface area contributed by atoms with Crippen molar-refractivity contribution in [2.24, 2.45) is 0 Å². The van der Waals surface area contributed by atoms with Crippen LogP contribution in [0, 0.1) is 6.92 Å². The lowest BCUT2D eigenvalue weighted by molar-refractivity contribution is -0.139. The molecule has 0 aliphatic rings. The van der Waals surface area contributed by atoms with Crippen molar-refractivity contribution in [2.45, 2.75) is 20.8 Å². The molecule has 0 bridgehead atoms. The summed E-state index contributed by atoms with van der Waals surface area (Å²) in [5.41, 5.74) is 2.34. The predicted molar refractivity (Wildman–Crippen MR) is 65.9 cm³/mol. The molecule has 0 fully saturated rings. The lowest BCUT2D eigenvalue weighted by atomic mass is 10.0. The summed E-state index contributed by atoms with van der Waals surface area (Å²) >= 11 is 0. The van der Waals surface area contributed by atoms with E-state index in [0.29, 0.717) is 5.56 Å². The van der Waals surface area contributed by atoms with Gasteiger partial charge in [-0.05, 0) is 31.1 Å². The third kappa shape index (κ3) is 4.23.